The van der Waals surface area contributed by atoms with Gasteiger partial charge in [-0.1, -0.05) is 6.42 Å². The summed E-state index contributed by atoms with van der Waals surface area (Å²) in [5.41, 5.74) is 0. The number of nitrogens with zero attached hydrogens (tertiary/aromatic N) is 3. The highest BCUT2D eigenvalue weighted by Crippen LogP contribution is 2.35. The van der Waals surface area contributed by atoms with Gasteiger partial charge in [0.1, 0.15) is 5.82 Å². The molecule has 0 radical (unpaired) electrons. The van der Waals surface area contributed by atoms with E-state index >= 15 is 0 Å². The fourth-order valence-corrected chi connectivity index (χ4v) is 3.48. The Morgan fingerprint density at radius 3 is 2.83 bits per heavy atom. The number of rotatable bonds is 2. The van der Waals surface area contributed by atoms with E-state index in [1.165, 1.54) is 38.6 Å². The van der Waals surface area contributed by atoms with Crippen LogP contribution in [0.15, 0.2) is 0 Å². The first kappa shape index (κ1) is 10.8. The maximum Gasteiger partial charge on any atom is 0.244 e. The van der Waals surface area contributed by atoms with E-state index < -0.39 is 0 Å². The molecule has 1 aliphatic carbocycles. The van der Waals surface area contributed by atoms with E-state index in [-0.39, 0.29) is 0 Å². The van der Waals surface area contributed by atoms with Gasteiger partial charge < -0.3 is 10.2 Å². The minimum absolute atomic E-state index is 0.647. The Kier molecular flexibility index (Phi) is 2.53. The van der Waals surface area contributed by atoms with Crippen molar-refractivity contribution in [3.05, 3.63) is 5.82 Å². The Morgan fingerprint density at radius 1 is 1.11 bits per heavy atom. The lowest BCUT2D eigenvalue weighted by atomic mass is 9.85. The molecule has 3 heterocycles. The summed E-state index contributed by atoms with van der Waals surface area (Å²) in [4.78, 5) is 7.06. The van der Waals surface area contributed by atoms with Crippen LogP contribution in [-0.4, -0.2) is 40.9 Å². The second-order valence-corrected chi connectivity index (χ2v) is 6.02. The van der Waals surface area contributed by atoms with Crippen LogP contribution in [0, 0.1) is 5.92 Å². The standard InChI is InChI=1S/C13H21N5/c1-3-9(4-1)12-15-13(17-16-12)18-7-10-5-2-6-14-11(10)8-18/h9-11,14H,1-8H2,(H,15,16,17). The fourth-order valence-electron chi connectivity index (χ4n) is 3.48. The maximum absolute atomic E-state index is 4.70. The summed E-state index contributed by atoms with van der Waals surface area (Å²) in [5.74, 6) is 3.48. The molecule has 2 saturated heterocycles. The Hall–Kier alpha value is -1.10. The summed E-state index contributed by atoms with van der Waals surface area (Å²) >= 11 is 0. The molecule has 0 amide bonds. The highest BCUT2D eigenvalue weighted by atomic mass is 15.4. The summed E-state index contributed by atoms with van der Waals surface area (Å²) in [6, 6.07) is 0.657. The second kappa shape index (κ2) is 4.23. The van der Waals surface area contributed by atoms with Crippen LogP contribution in [0.1, 0.15) is 43.8 Å². The topological polar surface area (TPSA) is 56.8 Å². The van der Waals surface area contributed by atoms with Crippen LogP contribution < -0.4 is 10.2 Å². The number of aromatic amines is 1. The molecule has 18 heavy (non-hydrogen) atoms. The first-order chi connectivity index (χ1) is 8.90. The molecule has 5 nitrogen and oxygen atoms in total. The van der Waals surface area contributed by atoms with Gasteiger partial charge in [0.05, 0.1) is 0 Å². The number of anilines is 1. The predicted molar refractivity (Wildman–Crippen MR) is 69.7 cm³/mol. The number of hydrogen-bond donors (Lipinski definition) is 2. The van der Waals surface area contributed by atoms with Crippen LogP contribution >= 0.6 is 0 Å². The summed E-state index contributed by atoms with van der Waals surface area (Å²) in [6.07, 6.45) is 6.58. The number of H-pyrrole nitrogens is 1. The quantitative estimate of drug-likeness (QED) is 0.826. The lowest BCUT2D eigenvalue weighted by molar-refractivity contribution is 0.340. The third-order valence-electron chi connectivity index (χ3n) is 4.86. The van der Waals surface area contributed by atoms with Crippen LogP contribution in [0.3, 0.4) is 0 Å². The molecule has 2 atom stereocenters. The van der Waals surface area contributed by atoms with E-state index in [0.29, 0.717) is 12.0 Å². The van der Waals surface area contributed by atoms with Crippen molar-refractivity contribution in [2.24, 2.45) is 5.92 Å². The molecule has 3 fully saturated rings. The van der Waals surface area contributed by atoms with Gasteiger partial charge in [-0.2, -0.15) is 4.98 Å². The molecule has 1 saturated carbocycles. The van der Waals surface area contributed by atoms with E-state index in [9.17, 15) is 0 Å². The molecule has 0 aromatic carbocycles. The van der Waals surface area contributed by atoms with E-state index in [4.69, 9.17) is 4.98 Å². The average molecular weight is 247 g/mol. The van der Waals surface area contributed by atoms with Gasteiger partial charge in [0.2, 0.25) is 5.95 Å². The van der Waals surface area contributed by atoms with Gasteiger partial charge in [-0.3, -0.25) is 5.10 Å². The lowest BCUT2D eigenvalue weighted by Gasteiger charge is -2.24. The molecule has 98 valence electrons. The van der Waals surface area contributed by atoms with Crippen molar-refractivity contribution in [2.75, 3.05) is 24.5 Å². The Bertz CT molecular complexity index is 411. The monoisotopic (exact) mass is 247 g/mol. The smallest absolute Gasteiger partial charge is 0.244 e. The normalized spacial score (nSPS) is 32.3. The summed E-state index contributed by atoms with van der Waals surface area (Å²) in [5, 5.41) is 11.2. The van der Waals surface area contributed by atoms with Crippen molar-refractivity contribution >= 4 is 5.95 Å². The van der Waals surface area contributed by atoms with Gasteiger partial charge in [0, 0.05) is 25.0 Å². The minimum Gasteiger partial charge on any atom is -0.338 e. The predicted octanol–water partition coefficient (Wildman–Crippen LogP) is 1.26. The first-order valence-corrected chi connectivity index (χ1v) is 7.31. The van der Waals surface area contributed by atoms with Crippen molar-refractivity contribution in [1.82, 2.24) is 20.5 Å². The molecular formula is C13H21N5. The van der Waals surface area contributed by atoms with Crippen LogP contribution in [0.2, 0.25) is 0 Å². The van der Waals surface area contributed by atoms with E-state index in [1.54, 1.807) is 0 Å². The Morgan fingerprint density at radius 2 is 2.06 bits per heavy atom. The molecule has 2 unspecified atom stereocenters. The van der Waals surface area contributed by atoms with E-state index in [0.717, 1.165) is 30.8 Å². The second-order valence-electron chi connectivity index (χ2n) is 6.02. The van der Waals surface area contributed by atoms with Gasteiger partial charge in [0.25, 0.3) is 0 Å². The number of aromatic nitrogens is 3. The zero-order valence-corrected chi connectivity index (χ0v) is 10.7. The van der Waals surface area contributed by atoms with Gasteiger partial charge in [0.15, 0.2) is 0 Å². The fraction of sp³-hybridized carbons (Fsp3) is 0.846. The van der Waals surface area contributed by atoms with Gasteiger partial charge in [-0.15, -0.1) is 5.10 Å². The number of fused-ring (bicyclic) bond motifs is 1. The number of hydrogen-bond acceptors (Lipinski definition) is 4. The van der Waals surface area contributed by atoms with Crippen LogP contribution in [0.25, 0.3) is 0 Å². The van der Waals surface area contributed by atoms with Crippen molar-refractivity contribution in [2.45, 2.75) is 44.1 Å². The molecular weight excluding hydrogens is 226 g/mol. The third kappa shape index (κ3) is 1.72. The molecule has 3 aliphatic rings. The summed E-state index contributed by atoms with van der Waals surface area (Å²) < 4.78 is 0. The lowest BCUT2D eigenvalue weighted by Crippen LogP contribution is -2.40. The van der Waals surface area contributed by atoms with Gasteiger partial charge in [-0.05, 0) is 38.1 Å². The highest BCUT2D eigenvalue weighted by molar-refractivity contribution is 5.33. The van der Waals surface area contributed by atoms with Crippen molar-refractivity contribution in [3.8, 4) is 0 Å². The molecule has 4 rings (SSSR count). The van der Waals surface area contributed by atoms with E-state index in [1.807, 2.05) is 0 Å². The highest BCUT2D eigenvalue weighted by Gasteiger charge is 2.36. The van der Waals surface area contributed by atoms with Gasteiger partial charge in [-0.25, -0.2) is 0 Å². The Labute approximate surface area is 107 Å². The van der Waals surface area contributed by atoms with Gasteiger partial charge >= 0.3 is 0 Å². The number of piperidine rings is 1. The molecule has 0 bridgehead atoms. The average Bonchev–Trinajstić information content (AvgIpc) is 2.91. The van der Waals surface area contributed by atoms with Crippen LogP contribution in [0.4, 0.5) is 5.95 Å². The Balaban J connectivity index is 1.48. The first-order valence-electron chi connectivity index (χ1n) is 7.31. The minimum atomic E-state index is 0.647. The summed E-state index contributed by atoms with van der Waals surface area (Å²) in [7, 11) is 0. The van der Waals surface area contributed by atoms with Crippen LogP contribution in [-0.2, 0) is 0 Å². The maximum atomic E-state index is 4.70. The molecule has 1 aromatic rings. The molecule has 5 heteroatoms. The van der Waals surface area contributed by atoms with Crippen LogP contribution in [0.5, 0.6) is 0 Å². The molecule has 1 aromatic heterocycles. The molecule has 2 N–H and O–H groups in total. The molecule has 2 aliphatic heterocycles. The van der Waals surface area contributed by atoms with Crippen molar-refractivity contribution in [1.29, 1.82) is 0 Å². The van der Waals surface area contributed by atoms with Crippen molar-refractivity contribution in [3.63, 3.8) is 0 Å². The largest absolute Gasteiger partial charge is 0.338 e. The molecule has 0 spiro atoms. The third-order valence-corrected chi connectivity index (χ3v) is 4.86. The SMILES string of the molecule is C1CC(c2nc(N3CC4CCCNC4C3)n[nH]2)C1. The summed E-state index contributed by atoms with van der Waals surface area (Å²) in [6.45, 7) is 3.38. The van der Waals surface area contributed by atoms with Crippen molar-refractivity contribution < 1.29 is 0 Å². The number of nitrogens with one attached hydrogen (secondary N) is 2. The zero-order valence-electron chi connectivity index (χ0n) is 10.7. The zero-order chi connectivity index (χ0) is 11.9. The van der Waals surface area contributed by atoms with E-state index in [2.05, 4.69) is 20.4 Å².